The number of amides is 1. The number of hydrogen-bond acceptors (Lipinski definition) is 6. The molecule has 4 heterocycles. The SMILES string of the molecule is Cc1ccc2oc(N3CCC(C(=O)NCCc4cnc[nH]4)CC3)nc2n1. The average molecular weight is 354 g/mol. The number of anilines is 1. The Hall–Kier alpha value is -2.90. The van der Waals surface area contributed by atoms with Crippen LogP contribution in [0.4, 0.5) is 6.01 Å². The molecule has 3 aromatic rings. The molecule has 0 radical (unpaired) electrons. The monoisotopic (exact) mass is 354 g/mol. The normalized spacial score (nSPS) is 15.5. The third kappa shape index (κ3) is 3.54. The molecule has 1 amide bonds. The zero-order valence-electron chi connectivity index (χ0n) is 14.7. The van der Waals surface area contributed by atoms with Crippen molar-refractivity contribution in [2.45, 2.75) is 26.2 Å². The highest BCUT2D eigenvalue weighted by Gasteiger charge is 2.27. The van der Waals surface area contributed by atoms with Crippen molar-refractivity contribution in [1.82, 2.24) is 25.3 Å². The van der Waals surface area contributed by atoms with Crippen molar-refractivity contribution in [2.24, 2.45) is 5.92 Å². The van der Waals surface area contributed by atoms with E-state index >= 15 is 0 Å². The van der Waals surface area contributed by atoms with Gasteiger partial charge in [-0.05, 0) is 31.9 Å². The first-order chi connectivity index (χ1) is 12.7. The summed E-state index contributed by atoms with van der Waals surface area (Å²) in [5.41, 5.74) is 3.28. The Kier molecular flexibility index (Phi) is 4.55. The Morgan fingerprint density at radius 3 is 2.96 bits per heavy atom. The Balaban J connectivity index is 1.29. The summed E-state index contributed by atoms with van der Waals surface area (Å²) in [4.78, 5) is 30.3. The van der Waals surface area contributed by atoms with E-state index in [1.807, 2.05) is 19.1 Å². The highest BCUT2D eigenvalue weighted by atomic mass is 16.4. The van der Waals surface area contributed by atoms with Crippen molar-refractivity contribution in [3.8, 4) is 0 Å². The van der Waals surface area contributed by atoms with E-state index in [9.17, 15) is 4.79 Å². The minimum atomic E-state index is 0.0396. The van der Waals surface area contributed by atoms with E-state index in [4.69, 9.17) is 4.42 Å². The number of carbonyl (C=O) groups excluding carboxylic acids is 1. The van der Waals surface area contributed by atoms with Crippen LogP contribution in [0.5, 0.6) is 0 Å². The number of carbonyl (C=O) groups is 1. The second-order valence-corrected chi connectivity index (χ2v) is 6.65. The van der Waals surface area contributed by atoms with Gasteiger partial charge in [0, 0.05) is 49.6 Å². The molecule has 0 spiro atoms. The van der Waals surface area contributed by atoms with Crippen LogP contribution in [0.25, 0.3) is 11.2 Å². The Labute approximate surface area is 151 Å². The lowest BCUT2D eigenvalue weighted by atomic mass is 9.96. The van der Waals surface area contributed by atoms with Gasteiger partial charge in [-0.15, -0.1) is 0 Å². The number of hydrogen-bond donors (Lipinski definition) is 2. The lowest BCUT2D eigenvalue weighted by Gasteiger charge is -2.30. The molecule has 0 aliphatic carbocycles. The molecule has 0 bridgehead atoms. The number of fused-ring (bicyclic) bond motifs is 1. The van der Waals surface area contributed by atoms with Gasteiger partial charge in [-0.25, -0.2) is 9.97 Å². The number of piperidine rings is 1. The first kappa shape index (κ1) is 16.6. The van der Waals surface area contributed by atoms with Crippen molar-refractivity contribution >= 4 is 23.2 Å². The van der Waals surface area contributed by atoms with Crippen LogP contribution in [0.15, 0.2) is 29.1 Å². The first-order valence-electron chi connectivity index (χ1n) is 8.93. The van der Waals surface area contributed by atoms with Crippen LogP contribution in [0, 0.1) is 12.8 Å². The van der Waals surface area contributed by atoms with Crippen LogP contribution in [0.3, 0.4) is 0 Å². The molecular formula is C18H22N6O2. The zero-order valence-corrected chi connectivity index (χ0v) is 14.7. The van der Waals surface area contributed by atoms with Gasteiger partial charge in [0.05, 0.1) is 6.33 Å². The van der Waals surface area contributed by atoms with Gasteiger partial charge in [-0.2, -0.15) is 4.98 Å². The molecule has 8 nitrogen and oxygen atoms in total. The molecule has 1 aliphatic heterocycles. The molecule has 0 unspecified atom stereocenters. The summed E-state index contributed by atoms with van der Waals surface area (Å²) < 4.78 is 5.81. The molecular weight excluding hydrogens is 332 g/mol. The lowest BCUT2D eigenvalue weighted by molar-refractivity contribution is -0.125. The van der Waals surface area contributed by atoms with E-state index in [1.54, 1.807) is 12.5 Å². The number of aromatic amines is 1. The second-order valence-electron chi connectivity index (χ2n) is 6.65. The largest absolute Gasteiger partial charge is 0.422 e. The van der Waals surface area contributed by atoms with Gasteiger partial charge < -0.3 is 19.6 Å². The molecule has 0 aromatic carbocycles. The number of rotatable bonds is 5. The number of aromatic nitrogens is 4. The molecule has 1 saturated heterocycles. The average Bonchev–Trinajstić information content (AvgIpc) is 3.31. The maximum atomic E-state index is 12.3. The number of pyridine rings is 1. The molecule has 3 aromatic heterocycles. The summed E-state index contributed by atoms with van der Waals surface area (Å²) in [6.45, 7) is 4.07. The molecule has 2 N–H and O–H groups in total. The van der Waals surface area contributed by atoms with Crippen molar-refractivity contribution < 1.29 is 9.21 Å². The van der Waals surface area contributed by atoms with Gasteiger partial charge in [-0.1, -0.05) is 0 Å². The van der Waals surface area contributed by atoms with Gasteiger partial charge in [0.15, 0.2) is 5.58 Å². The predicted octanol–water partition coefficient (Wildman–Crippen LogP) is 1.83. The zero-order chi connectivity index (χ0) is 17.9. The number of aryl methyl sites for hydroxylation is 1. The standard InChI is InChI=1S/C18H22N6O2/c1-12-2-3-15-16(22-12)23-18(26-15)24-8-5-13(6-9-24)17(25)20-7-4-14-10-19-11-21-14/h2-3,10-11,13H,4-9H2,1H3,(H,19,21)(H,20,25). The van der Waals surface area contributed by atoms with Crippen LogP contribution >= 0.6 is 0 Å². The van der Waals surface area contributed by atoms with E-state index in [-0.39, 0.29) is 11.8 Å². The fourth-order valence-electron chi connectivity index (χ4n) is 3.26. The highest BCUT2D eigenvalue weighted by molar-refractivity contribution is 5.79. The summed E-state index contributed by atoms with van der Waals surface area (Å²) >= 11 is 0. The van der Waals surface area contributed by atoms with Crippen molar-refractivity contribution in [1.29, 1.82) is 0 Å². The fourth-order valence-corrected chi connectivity index (χ4v) is 3.26. The van der Waals surface area contributed by atoms with E-state index in [1.165, 1.54) is 0 Å². The molecule has 136 valence electrons. The van der Waals surface area contributed by atoms with E-state index in [0.29, 0.717) is 23.8 Å². The fraction of sp³-hybridized carbons (Fsp3) is 0.444. The summed E-state index contributed by atoms with van der Waals surface area (Å²) in [6.07, 6.45) is 5.78. The summed E-state index contributed by atoms with van der Waals surface area (Å²) in [5, 5.41) is 3.02. The molecule has 1 fully saturated rings. The smallest absolute Gasteiger partial charge is 0.299 e. The molecule has 8 heteroatoms. The first-order valence-corrected chi connectivity index (χ1v) is 8.93. The quantitative estimate of drug-likeness (QED) is 0.725. The molecule has 0 atom stereocenters. The topological polar surface area (TPSA) is 99.9 Å². The van der Waals surface area contributed by atoms with Crippen LogP contribution in [0.1, 0.15) is 24.2 Å². The van der Waals surface area contributed by atoms with E-state index in [0.717, 1.165) is 43.7 Å². The maximum Gasteiger partial charge on any atom is 0.299 e. The van der Waals surface area contributed by atoms with Crippen LogP contribution < -0.4 is 10.2 Å². The number of H-pyrrole nitrogens is 1. The lowest BCUT2D eigenvalue weighted by Crippen LogP contribution is -2.41. The number of imidazole rings is 1. The molecule has 0 saturated carbocycles. The van der Waals surface area contributed by atoms with Crippen molar-refractivity contribution in [3.05, 3.63) is 36.0 Å². The summed E-state index contributed by atoms with van der Waals surface area (Å²) in [6, 6.07) is 4.40. The van der Waals surface area contributed by atoms with Gasteiger partial charge in [0.25, 0.3) is 6.01 Å². The number of oxazole rings is 1. The number of nitrogens with one attached hydrogen (secondary N) is 2. The van der Waals surface area contributed by atoms with E-state index < -0.39 is 0 Å². The molecule has 4 rings (SSSR count). The molecule has 26 heavy (non-hydrogen) atoms. The predicted molar refractivity (Wildman–Crippen MR) is 96.8 cm³/mol. The summed E-state index contributed by atoms with van der Waals surface area (Å²) in [7, 11) is 0. The minimum absolute atomic E-state index is 0.0396. The van der Waals surface area contributed by atoms with Gasteiger partial charge in [0.2, 0.25) is 11.6 Å². The Morgan fingerprint density at radius 1 is 1.35 bits per heavy atom. The Morgan fingerprint density at radius 2 is 2.19 bits per heavy atom. The Bertz CT molecular complexity index is 880. The van der Waals surface area contributed by atoms with Crippen LogP contribution in [-0.4, -0.2) is 45.5 Å². The van der Waals surface area contributed by atoms with Gasteiger partial charge >= 0.3 is 0 Å². The second kappa shape index (κ2) is 7.15. The van der Waals surface area contributed by atoms with Gasteiger partial charge in [-0.3, -0.25) is 4.79 Å². The van der Waals surface area contributed by atoms with Crippen LogP contribution in [-0.2, 0) is 11.2 Å². The molecule has 1 aliphatic rings. The maximum absolute atomic E-state index is 12.3. The summed E-state index contributed by atoms with van der Waals surface area (Å²) in [5.74, 6) is 0.164. The third-order valence-corrected chi connectivity index (χ3v) is 4.77. The van der Waals surface area contributed by atoms with E-state index in [2.05, 4.69) is 30.2 Å². The third-order valence-electron chi connectivity index (χ3n) is 4.77. The minimum Gasteiger partial charge on any atom is -0.422 e. The highest BCUT2D eigenvalue weighted by Crippen LogP contribution is 2.26. The number of nitrogens with zero attached hydrogens (tertiary/aromatic N) is 4. The van der Waals surface area contributed by atoms with Crippen molar-refractivity contribution in [3.63, 3.8) is 0 Å². The van der Waals surface area contributed by atoms with Gasteiger partial charge in [0.1, 0.15) is 0 Å². The van der Waals surface area contributed by atoms with Crippen molar-refractivity contribution in [2.75, 3.05) is 24.5 Å². The van der Waals surface area contributed by atoms with Crippen LogP contribution in [0.2, 0.25) is 0 Å².